The van der Waals surface area contributed by atoms with E-state index in [9.17, 15) is 4.79 Å². The summed E-state index contributed by atoms with van der Waals surface area (Å²) in [5.74, 6) is -0.170. The Kier molecular flexibility index (Phi) is 3.05. The van der Waals surface area contributed by atoms with Crippen LogP contribution in [-0.4, -0.2) is 16.1 Å². The van der Waals surface area contributed by atoms with Crippen molar-refractivity contribution in [2.75, 3.05) is 0 Å². The van der Waals surface area contributed by atoms with Crippen molar-refractivity contribution in [1.82, 2.24) is 4.98 Å². The molecule has 2 rings (SSSR count). The smallest absolute Gasteiger partial charge is 0.311 e. The van der Waals surface area contributed by atoms with Crippen LogP contribution in [0.25, 0.3) is 11.5 Å². The van der Waals surface area contributed by atoms with E-state index in [0.717, 1.165) is 10.0 Å². The minimum absolute atomic E-state index is 0.155. The summed E-state index contributed by atoms with van der Waals surface area (Å²) < 4.78 is 6.20. The van der Waals surface area contributed by atoms with Crippen LogP contribution in [0.4, 0.5) is 0 Å². The predicted molar refractivity (Wildman–Crippen MR) is 61.0 cm³/mol. The normalized spacial score (nSPS) is 10.3. The third-order valence-electron chi connectivity index (χ3n) is 1.98. The summed E-state index contributed by atoms with van der Waals surface area (Å²) in [5.41, 5.74) is 0.805. The highest BCUT2D eigenvalue weighted by atomic mass is 79.9. The van der Waals surface area contributed by atoms with Crippen molar-refractivity contribution >= 4 is 21.9 Å². The van der Waals surface area contributed by atoms with Crippen molar-refractivity contribution < 1.29 is 14.3 Å². The average molecular weight is 282 g/mol. The van der Waals surface area contributed by atoms with Gasteiger partial charge in [0.2, 0.25) is 5.89 Å². The molecule has 16 heavy (non-hydrogen) atoms. The highest BCUT2D eigenvalue weighted by molar-refractivity contribution is 9.10. The molecule has 0 aliphatic carbocycles. The van der Waals surface area contributed by atoms with Crippen molar-refractivity contribution in [2.45, 2.75) is 6.42 Å². The second-order valence-electron chi connectivity index (χ2n) is 3.18. The van der Waals surface area contributed by atoms with E-state index in [4.69, 9.17) is 9.52 Å². The lowest BCUT2D eigenvalue weighted by molar-refractivity contribution is -0.136. The molecular formula is C11H8BrNO3. The molecule has 1 aromatic carbocycles. The van der Waals surface area contributed by atoms with Crippen molar-refractivity contribution in [3.8, 4) is 11.5 Å². The van der Waals surface area contributed by atoms with Gasteiger partial charge in [0.05, 0.1) is 11.8 Å². The molecule has 1 aromatic heterocycles. The van der Waals surface area contributed by atoms with Gasteiger partial charge in [0.15, 0.2) is 0 Å². The van der Waals surface area contributed by atoms with Gasteiger partial charge in [0.25, 0.3) is 0 Å². The summed E-state index contributed by atoms with van der Waals surface area (Å²) in [6.45, 7) is 0. The second kappa shape index (κ2) is 4.49. The first kappa shape index (κ1) is 10.9. The minimum atomic E-state index is -0.935. The largest absolute Gasteiger partial charge is 0.481 e. The fourth-order valence-corrected chi connectivity index (χ4v) is 1.75. The molecule has 0 fully saturated rings. The third kappa shape index (κ3) is 2.30. The van der Waals surface area contributed by atoms with Gasteiger partial charge in [0, 0.05) is 4.47 Å². The molecule has 1 heterocycles. The second-order valence-corrected chi connectivity index (χ2v) is 4.04. The van der Waals surface area contributed by atoms with Gasteiger partial charge in [-0.1, -0.05) is 12.1 Å². The van der Waals surface area contributed by atoms with Crippen LogP contribution in [0.3, 0.4) is 0 Å². The maximum atomic E-state index is 10.5. The molecule has 0 bridgehead atoms. The van der Waals surface area contributed by atoms with Gasteiger partial charge in [-0.05, 0) is 28.1 Å². The Labute approximate surface area is 100 Å². The number of aliphatic carboxylic acids is 1. The zero-order valence-electron chi connectivity index (χ0n) is 8.18. The SMILES string of the molecule is O=C(O)Cc1cnc(-c2ccccc2Br)o1. The van der Waals surface area contributed by atoms with Crippen molar-refractivity contribution in [3.05, 3.63) is 40.7 Å². The Bertz CT molecular complexity index is 521. The highest BCUT2D eigenvalue weighted by Gasteiger charge is 2.11. The van der Waals surface area contributed by atoms with E-state index < -0.39 is 5.97 Å². The fourth-order valence-electron chi connectivity index (χ4n) is 1.30. The molecule has 2 aromatic rings. The van der Waals surface area contributed by atoms with Crippen LogP contribution >= 0.6 is 15.9 Å². The zero-order valence-corrected chi connectivity index (χ0v) is 9.77. The Morgan fingerprint density at radius 3 is 2.88 bits per heavy atom. The monoisotopic (exact) mass is 281 g/mol. The van der Waals surface area contributed by atoms with Crippen LogP contribution in [-0.2, 0) is 11.2 Å². The van der Waals surface area contributed by atoms with Gasteiger partial charge in [-0.3, -0.25) is 4.79 Å². The van der Waals surface area contributed by atoms with Gasteiger partial charge in [-0.15, -0.1) is 0 Å². The van der Waals surface area contributed by atoms with Gasteiger partial charge in [-0.2, -0.15) is 0 Å². The third-order valence-corrected chi connectivity index (χ3v) is 2.67. The Morgan fingerprint density at radius 2 is 2.19 bits per heavy atom. The number of hydrogen-bond donors (Lipinski definition) is 1. The molecule has 0 atom stereocenters. The molecule has 0 unspecified atom stereocenters. The number of aromatic nitrogens is 1. The van der Waals surface area contributed by atoms with E-state index in [1.165, 1.54) is 6.20 Å². The number of oxazole rings is 1. The number of hydrogen-bond acceptors (Lipinski definition) is 3. The maximum absolute atomic E-state index is 10.5. The molecule has 5 heteroatoms. The van der Waals surface area contributed by atoms with E-state index in [1.807, 2.05) is 24.3 Å². The summed E-state index contributed by atoms with van der Waals surface area (Å²) in [5, 5.41) is 8.60. The van der Waals surface area contributed by atoms with Gasteiger partial charge >= 0.3 is 5.97 Å². The summed E-state index contributed by atoms with van der Waals surface area (Å²) in [7, 11) is 0. The summed E-state index contributed by atoms with van der Waals surface area (Å²) in [4.78, 5) is 14.5. The molecule has 4 nitrogen and oxygen atoms in total. The summed E-state index contributed by atoms with van der Waals surface area (Å²) in [6.07, 6.45) is 1.28. The van der Waals surface area contributed by atoms with Crippen molar-refractivity contribution in [1.29, 1.82) is 0 Å². The molecular weight excluding hydrogens is 274 g/mol. The molecule has 0 spiro atoms. The number of carboxylic acid groups (broad SMARTS) is 1. The van der Waals surface area contributed by atoms with E-state index in [-0.39, 0.29) is 6.42 Å². The van der Waals surface area contributed by atoms with Crippen LogP contribution in [0.15, 0.2) is 39.4 Å². The Balaban J connectivity index is 2.32. The van der Waals surface area contributed by atoms with E-state index in [0.29, 0.717) is 11.7 Å². The van der Waals surface area contributed by atoms with E-state index in [1.54, 1.807) is 0 Å². The summed E-state index contributed by atoms with van der Waals surface area (Å²) >= 11 is 3.38. The number of benzene rings is 1. The van der Waals surface area contributed by atoms with Crippen LogP contribution < -0.4 is 0 Å². The average Bonchev–Trinajstić information content (AvgIpc) is 2.66. The Hall–Kier alpha value is -1.62. The summed E-state index contributed by atoms with van der Waals surface area (Å²) in [6, 6.07) is 7.46. The molecule has 0 saturated heterocycles. The van der Waals surface area contributed by atoms with Crippen LogP contribution in [0.1, 0.15) is 5.76 Å². The molecule has 0 saturated carbocycles. The lowest BCUT2D eigenvalue weighted by Gasteiger charge is -1.97. The minimum Gasteiger partial charge on any atom is -0.481 e. The lowest BCUT2D eigenvalue weighted by atomic mass is 10.2. The first-order valence-electron chi connectivity index (χ1n) is 4.58. The fraction of sp³-hybridized carbons (Fsp3) is 0.0909. The number of rotatable bonds is 3. The van der Waals surface area contributed by atoms with Crippen LogP contribution in [0.5, 0.6) is 0 Å². The number of halogens is 1. The van der Waals surface area contributed by atoms with E-state index in [2.05, 4.69) is 20.9 Å². The molecule has 0 amide bonds. The highest BCUT2D eigenvalue weighted by Crippen LogP contribution is 2.27. The molecule has 82 valence electrons. The molecule has 0 radical (unpaired) electrons. The van der Waals surface area contributed by atoms with Gasteiger partial charge < -0.3 is 9.52 Å². The van der Waals surface area contributed by atoms with Crippen molar-refractivity contribution in [3.63, 3.8) is 0 Å². The van der Waals surface area contributed by atoms with Gasteiger partial charge in [0.1, 0.15) is 12.2 Å². The Morgan fingerprint density at radius 1 is 1.44 bits per heavy atom. The lowest BCUT2D eigenvalue weighted by Crippen LogP contribution is -1.97. The zero-order chi connectivity index (χ0) is 11.5. The quantitative estimate of drug-likeness (QED) is 0.940. The number of carbonyl (C=O) groups is 1. The van der Waals surface area contributed by atoms with Gasteiger partial charge in [-0.25, -0.2) is 4.98 Å². The topological polar surface area (TPSA) is 63.3 Å². The molecule has 1 N–H and O–H groups in total. The first-order valence-corrected chi connectivity index (χ1v) is 5.37. The van der Waals surface area contributed by atoms with Crippen LogP contribution in [0.2, 0.25) is 0 Å². The predicted octanol–water partition coefficient (Wildman–Crippen LogP) is 2.73. The number of carboxylic acids is 1. The number of nitrogens with zero attached hydrogens (tertiary/aromatic N) is 1. The standard InChI is InChI=1S/C11H8BrNO3/c12-9-4-2-1-3-8(9)11-13-6-7(16-11)5-10(14)15/h1-4,6H,5H2,(H,14,15). The molecule has 0 aliphatic rings. The molecule has 0 aliphatic heterocycles. The first-order chi connectivity index (χ1) is 7.66. The van der Waals surface area contributed by atoms with Crippen LogP contribution in [0, 0.1) is 0 Å². The van der Waals surface area contributed by atoms with E-state index >= 15 is 0 Å². The maximum Gasteiger partial charge on any atom is 0.311 e. The van der Waals surface area contributed by atoms with Crippen molar-refractivity contribution in [2.24, 2.45) is 0 Å².